The van der Waals surface area contributed by atoms with Crippen molar-refractivity contribution in [1.82, 2.24) is 20.2 Å². The number of Topliss-reactive ketones (excluding diaryl/α,β-unsaturated/α-hetero) is 1. The average Bonchev–Trinajstić information content (AvgIpc) is 3.19. The predicted octanol–water partition coefficient (Wildman–Crippen LogP) is 1.63. The van der Waals surface area contributed by atoms with Crippen molar-refractivity contribution in [2.75, 3.05) is 14.2 Å². The fraction of sp³-hybridized carbons (Fsp3) is 0.200. The highest BCUT2D eigenvalue weighted by molar-refractivity contribution is 6.43. The van der Waals surface area contributed by atoms with Gasteiger partial charge in [0, 0.05) is 11.9 Å². The number of methoxy groups -OCH3 is 2. The number of nitrogens with zero attached hydrogens (tertiary/aromatic N) is 2. The molecule has 0 aliphatic carbocycles. The number of ether oxygens (including phenoxy) is 2. The fourth-order valence-corrected chi connectivity index (χ4v) is 2.39. The number of esters is 1. The minimum Gasteiger partial charge on any atom is -0.494 e. The second-order valence-corrected chi connectivity index (χ2v) is 4.88. The van der Waals surface area contributed by atoms with Crippen molar-refractivity contribution in [3.63, 3.8) is 0 Å². The Bertz CT molecular complexity index is 909. The first-order chi connectivity index (χ1) is 11.1. The van der Waals surface area contributed by atoms with Gasteiger partial charge < -0.3 is 14.5 Å². The van der Waals surface area contributed by atoms with Crippen molar-refractivity contribution in [2.45, 2.75) is 6.92 Å². The third-order valence-electron chi connectivity index (χ3n) is 3.46. The van der Waals surface area contributed by atoms with Gasteiger partial charge in [0.25, 0.3) is 5.78 Å². The summed E-state index contributed by atoms with van der Waals surface area (Å²) in [4.78, 5) is 31.0. The fourth-order valence-electron chi connectivity index (χ4n) is 2.39. The molecule has 0 saturated heterocycles. The first-order valence-electron chi connectivity index (χ1n) is 6.76. The largest absolute Gasteiger partial charge is 0.494 e. The van der Waals surface area contributed by atoms with Gasteiger partial charge in [0.1, 0.15) is 17.1 Å². The minimum absolute atomic E-state index is 0.166. The summed E-state index contributed by atoms with van der Waals surface area (Å²) in [5.74, 6) is -1.32. The number of carbonyl (C=O) groups excluding carboxylic acids is 2. The van der Waals surface area contributed by atoms with E-state index in [2.05, 4.69) is 24.9 Å². The van der Waals surface area contributed by atoms with Crippen LogP contribution in [-0.2, 0) is 9.53 Å². The van der Waals surface area contributed by atoms with E-state index in [1.807, 2.05) is 13.0 Å². The molecule has 0 amide bonds. The van der Waals surface area contributed by atoms with Crippen LogP contribution in [-0.4, -0.2) is 46.1 Å². The number of aromatic nitrogens is 4. The average molecular weight is 314 g/mol. The third kappa shape index (κ3) is 2.33. The van der Waals surface area contributed by atoms with Crippen LogP contribution in [0.1, 0.15) is 16.1 Å². The molecule has 0 saturated carbocycles. The number of aromatic amines is 2. The summed E-state index contributed by atoms with van der Waals surface area (Å²) in [6.07, 6.45) is 2.93. The lowest BCUT2D eigenvalue weighted by Crippen LogP contribution is -2.15. The van der Waals surface area contributed by atoms with E-state index in [0.29, 0.717) is 28.0 Å². The molecule has 0 unspecified atom stereocenters. The molecule has 0 bridgehead atoms. The van der Waals surface area contributed by atoms with E-state index in [-0.39, 0.29) is 5.56 Å². The van der Waals surface area contributed by atoms with Gasteiger partial charge in [0.2, 0.25) is 0 Å². The zero-order valence-electron chi connectivity index (χ0n) is 12.8. The van der Waals surface area contributed by atoms with Gasteiger partial charge >= 0.3 is 5.97 Å². The van der Waals surface area contributed by atoms with E-state index >= 15 is 0 Å². The van der Waals surface area contributed by atoms with E-state index in [1.54, 1.807) is 0 Å². The van der Waals surface area contributed by atoms with Crippen LogP contribution < -0.4 is 4.74 Å². The van der Waals surface area contributed by atoms with Gasteiger partial charge in [0.15, 0.2) is 0 Å². The standard InChI is InChI=1S/C15H14N4O4/c1-7-4-9(19-18-7)12-13-11(10(22-2)6-17-12)8(5-16-13)14(20)15(21)23-3/h4-6,16H,1-3H3,(H,18,19). The van der Waals surface area contributed by atoms with E-state index in [0.717, 1.165) is 12.8 Å². The van der Waals surface area contributed by atoms with Crippen LogP contribution in [0.3, 0.4) is 0 Å². The smallest absolute Gasteiger partial charge is 0.379 e. The molecule has 0 aliphatic rings. The summed E-state index contributed by atoms with van der Waals surface area (Å²) < 4.78 is 9.77. The van der Waals surface area contributed by atoms with Crippen LogP contribution in [0.25, 0.3) is 22.3 Å². The predicted molar refractivity (Wildman–Crippen MR) is 81.3 cm³/mol. The SMILES string of the molecule is COC(=O)C(=O)c1c[nH]c2c(-c3cc(C)[nH]n3)ncc(OC)c12. The number of hydrogen-bond acceptors (Lipinski definition) is 6. The molecule has 2 N–H and O–H groups in total. The second kappa shape index (κ2) is 5.56. The van der Waals surface area contributed by atoms with Crippen LogP contribution in [0.2, 0.25) is 0 Å². The lowest BCUT2D eigenvalue weighted by molar-refractivity contribution is -0.135. The Hall–Kier alpha value is -3.16. The molecule has 0 spiro atoms. The highest BCUT2D eigenvalue weighted by atomic mass is 16.5. The molecule has 3 rings (SSSR count). The van der Waals surface area contributed by atoms with Crippen molar-refractivity contribution in [1.29, 1.82) is 0 Å². The summed E-state index contributed by atoms with van der Waals surface area (Å²) in [6, 6.07) is 1.83. The van der Waals surface area contributed by atoms with Crippen LogP contribution in [0.15, 0.2) is 18.5 Å². The Morgan fingerprint density at radius 1 is 1.26 bits per heavy atom. The van der Waals surface area contributed by atoms with Gasteiger partial charge in [-0.1, -0.05) is 0 Å². The van der Waals surface area contributed by atoms with Crippen molar-refractivity contribution in [3.05, 3.63) is 29.7 Å². The van der Waals surface area contributed by atoms with Gasteiger partial charge in [-0.3, -0.25) is 9.89 Å². The summed E-state index contributed by atoms with van der Waals surface area (Å²) in [7, 11) is 2.63. The lowest BCUT2D eigenvalue weighted by Gasteiger charge is -2.06. The van der Waals surface area contributed by atoms with Gasteiger partial charge in [-0.15, -0.1) is 0 Å². The Balaban J connectivity index is 2.26. The van der Waals surface area contributed by atoms with Crippen LogP contribution >= 0.6 is 0 Å². The zero-order chi connectivity index (χ0) is 16.6. The van der Waals surface area contributed by atoms with Gasteiger partial charge in [-0.2, -0.15) is 5.10 Å². The quantitative estimate of drug-likeness (QED) is 0.430. The molecular formula is C15H14N4O4. The van der Waals surface area contributed by atoms with E-state index in [1.165, 1.54) is 19.5 Å². The van der Waals surface area contributed by atoms with Crippen molar-refractivity contribution in [2.24, 2.45) is 0 Å². The molecule has 3 aromatic rings. The van der Waals surface area contributed by atoms with Gasteiger partial charge in [0.05, 0.1) is 36.9 Å². The van der Waals surface area contributed by atoms with Crippen LogP contribution in [0.5, 0.6) is 5.75 Å². The van der Waals surface area contributed by atoms with Crippen LogP contribution in [0, 0.1) is 6.92 Å². The molecule has 0 aromatic carbocycles. The minimum atomic E-state index is -0.943. The van der Waals surface area contributed by atoms with Crippen LogP contribution in [0.4, 0.5) is 0 Å². The second-order valence-electron chi connectivity index (χ2n) is 4.88. The maximum Gasteiger partial charge on any atom is 0.379 e. The van der Waals surface area contributed by atoms with Crippen molar-refractivity contribution < 1.29 is 19.1 Å². The molecule has 0 fully saturated rings. The molecule has 23 heavy (non-hydrogen) atoms. The Kier molecular flexibility index (Phi) is 3.57. The summed E-state index contributed by atoms with van der Waals surface area (Å²) in [6.45, 7) is 1.87. The van der Waals surface area contributed by atoms with E-state index in [9.17, 15) is 9.59 Å². The molecular weight excluding hydrogens is 300 g/mol. The van der Waals surface area contributed by atoms with Crippen molar-refractivity contribution in [3.8, 4) is 17.1 Å². The Labute approximate surface area is 130 Å². The number of pyridine rings is 1. The number of H-pyrrole nitrogens is 2. The van der Waals surface area contributed by atoms with Gasteiger partial charge in [-0.25, -0.2) is 9.78 Å². The van der Waals surface area contributed by atoms with E-state index in [4.69, 9.17) is 4.74 Å². The Morgan fingerprint density at radius 2 is 2.04 bits per heavy atom. The number of aryl methyl sites for hydroxylation is 1. The maximum absolute atomic E-state index is 12.2. The third-order valence-corrected chi connectivity index (χ3v) is 3.46. The van der Waals surface area contributed by atoms with Crippen molar-refractivity contribution >= 4 is 22.7 Å². The number of nitrogens with one attached hydrogen (secondary N) is 2. The normalized spacial score (nSPS) is 10.7. The molecule has 0 aliphatic heterocycles. The van der Waals surface area contributed by atoms with E-state index < -0.39 is 11.8 Å². The molecule has 0 atom stereocenters. The maximum atomic E-state index is 12.2. The molecule has 118 valence electrons. The number of fused-ring (bicyclic) bond motifs is 1. The highest BCUT2D eigenvalue weighted by Crippen LogP contribution is 2.34. The first-order valence-corrected chi connectivity index (χ1v) is 6.76. The topological polar surface area (TPSA) is 110 Å². The monoisotopic (exact) mass is 314 g/mol. The zero-order valence-corrected chi connectivity index (χ0v) is 12.8. The number of hydrogen-bond donors (Lipinski definition) is 2. The number of rotatable bonds is 4. The molecule has 0 radical (unpaired) electrons. The lowest BCUT2D eigenvalue weighted by atomic mass is 10.1. The van der Waals surface area contributed by atoms with Gasteiger partial charge in [-0.05, 0) is 13.0 Å². The summed E-state index contributed by atoms with van der Waals surface area (Å²) in [5.41, 5.74) is 2.77. The number of ketones is 1. The summed E-state index contributed by atoms with van der Waals surface area (Å²) >= 11 is 0. The summed E-state index contributed by atoms with van der Waals surface area (Å²) in [5, 5.41) is 7.48. The first kappa shape index (κ1) is 14.8. The highest BCUT2D eigenvalue weighted by Gasteiger charge is 2.25. The molecule has 8 heteroatoms. The molecule has 3 heterocycles. The molecule has 3 aromatic heterocycles. The Morgan fingerprint density at radius 3 is 2.65 bits per heavy atom. The number of carbonyl (C=O) groups is 2. The molecule has 8 nitrogen and oxygen atoms in total.